The summed E-state index contributed by atoms with van der Waals surface area (Å²) in [6.07, 6.45) is -4.62. The summed E-state index contributed by atoms with van der Waals surface area (Å²) >= 11 is 0. The Balaban J connectivity index is 1.67. The first-order valence-electron chi connectivity index (χ1n) is 9.99. The van der Waals surface area contributed by atoms with E-state index in [-0.39, 0.29) is 22.6 Å². The lowest BCUT2D eigenvalue weighted by molar-refractivity contribution is -0.137. The number of nitrogens with zero attached hydrogens (tertiary/aromatic N) is 1. The van der Waals surface area contributed by atoms with Gasteiger partial charge < -0.3 is 0 Å². The molecule has 0 saturated carbocycles. The highest BCUT2D eigenvalue weighted by Gasteiger charge is 2.37. The Morgan fingerprint density at radius 3 is 2.09 bits per heavy atom. The second kappa shape index (κ2) is 7.41. The van der Waals surface area contributed by atoms with Crippen LogP contribution in [0.1, 0.15) is 42.2 Å². The van der Waals surface area contributed by atoms with Crippen LogP contribution in [0.25, 0.3) is 10.8 Å². The summed E-state index contributed by atoms with van der Waals surface area (Å²) in [5, 5.41) is 0.752. The lowest BCUT2D eigenvalue weighted by Gasteiger charge is -2.28. The van der Waals surface area contributed by atoms with E-state index < -0.39 is 23.6 Å². The van der Waals surface area contributed by atoms with Gasteiger partial charge >= 0.3 is 6.18 Å². The van der Waals surface area contributed by atoms with Crippen molar-refractivity contribution in [2.75, 3.05) is 4.90 Å². The van der Waals surface area contributed by atoms with Crippen molar-refractivity contribution in [3.63, 3.8) is 0 Å². The van der Waals surface area contributed by atoms with Crippen LogP contribution in [-0.2, 0) is 6.18 Å². The predicted molar refractivity (Wildman–Crippen MR) is 116 cm³/mol. The van der Waals surface area contributed by atoms with E-state index in [1.165, 1.54) is 24.3 Å². The van der Waals surface area contributed by atoms with Crippen LogP contribution >= 0.6 is 0 Å². The average molecular weight is 445 g/mol. The number of imide groups is 1. The molecule has 7 heteroatoms. The molecule has 1 aliphatic heterocycles. The van der Waals surface area contributed by atoms with E-state index in [4.69, 9.17) is 0 Å². The third-order valence-electron chi connectivity index (χ3n) is 5.62. The van der Waals surface area contributed by atoms with E-state index in [1.54, 1.807) is 42.5 Å². The first-order valence-corrected chi connectivity index (χ1v) is 9.99. The Morgan fingerprint density at radius 2 is 1.39 bits per heavy atom. The summed E-state index contributed by atoms with van der Waals surface area (Å²) in [5.41, 5.74) is -0.0723. The van der Waals surface area contributed by atoms with Crippen molar-refractivity contribution < 1.29 is 27.6 Å². The van der Waals surface area contributed by atoms with Gasteiger partial charge in [-0.1, -0.05) is 48.5 Å². The van der Waals surface area contributed by atoms with Crippen LogP contribution in [0, 0.1) is 0 Å². The summed E-state index contributed by atoms with van der Waals surface area (Å²) < 4.78 is 39.6. The van der Waals surface area contributed by atoms with E-state index in [0.717, 1.165) is 23.1 Å². The zero-order chi connectivity index (χ0) is 23.3. The zero-order valence-electron chi connectivity index (χ0n) is 16.9. The normalized spacial score (nSPS) is 13.5. The van der Waals surface area contributed by atoms with Crippen LogP contribution in [-0.4, -0.2) is 17.6 Å². The third-order valence-corrected chi connectivity index (χ3v) is 5.62. The maximum Gasteiger partial charge on any atom is 0.416 e. The summed E-state index contributed by atoms with van der Waals surface area (Å²) in [5.74, 6) is -1.76. The second-order valence-corrected chi connectivity index (χ2v) is 7.58. The minimum atomic E-state index is -4.62. The highest BCUT2D eigenvalue weighted by molar-refractivity contribution is 6.37. The number of carbonyl (C=O) groups excluding carboxylic acids is 3. The summed E-state index contributed by atoms with van der Waals surface area (Å²) in [4.78, 5) is 40.4. The number of rotatable bonds is 3. The van der Waals surface area contributed by atoms with Crippen LogP contribution in [0.5, 0.6) is 0 Å². The number of alkyl halides is 3. The van der Waals surface area contributed by atoms with Gasteiger partial charge in [-0.3, -0.25) is 14.4 Å². The number of hydrogen-bond donors (Lipinski definition) is 0. The second-order valence-electron chi connectivity index (χ2n) is 7.58. The van der Waals surface area contributed by atoms with E-state index in [9.17, 15) is 27.6 Å². The molecule has 4 nitrogen and oxygen atoms in total. The molecule has 0 aliphatic carbocycles. The average Bonchev–Trinajstić information content (AvgIpc) is 2.82. The molecule has 33 heavy (non-hydrogen) atoms. The van der Waals surface area contributed by atoms with Crippen molar-refractivity contribution in [1.82, 2.24) is 0 Å². The molecule has 4 aromatic carbocycles. The van der Waals surface area contributed by atoms with Crippen LogP contribution in [0.4, 0.5) is 18.9 Å². The summed E-state index contributed by atoms with van der Waals surface area (Å²) in [7, 11) is 0. The van der Waals surface area contributed by atoms with E-state index >= 15 is 0 Å². The van der Waals surface area contributed by atoms with E-state index in [2.05, 4.69) is 0 Å². The minimum Gasteiger partial charge on any atom is -0.289 e. The molecule has 0 radical (unpaired) electrons. The van der Waals surface area contributed by atoms with Crippen LogP contribution in [0.3, 0.4) is 0 Å². The number of carbonyl (C=O) groups is 3. The lowest BCUT2D eigenvalue weighted by atomic mass is 9.88. The first kappa shape index (κ1) is 20.6. The fourth-order valence-corrected chi connectivity index (χ4v) is 4.10. The van der Waals surface area contributed by atoms with Gasteiger partial charge in [-0.25, -0.2) is 4.90 Å². The molecule has 0 aromatic heterocycles. The zero-order valence-corrected chi connectivity index (χ0v) is 16.9. The number of ketones is 1. The summed E-state index contributed by atoms with van der Waals surface area (Å²) in [6.45, 7) is 0. The molecule has 0 spiro atoms. The van der Waals surface area contributed by atoms with Crippen molar-refractivity contribution in [2.24, 2.45) is 0 Å². The number of hydrogen-bond acceptors (Lipinski definition) is 3. The van der Waals surface area contributed by atoms with Crippen LogP contribution in [0.15, 0.2) is 84.9 Å². The smallest absolute Gasteiger partial charge is 0.289 e. The fourth-order valence-electron chi connectivity index (χ4n) is 4.10. The quantitative estimate of drug-likeness (QED) is 0.292. The Bertz CT molecular complexity index is 1440. The van der Waals surface area contributed by atoms with Gasteiger partial charge in [-0.2, -0.15) is 13.2 Å². The molecule has 5 rings (SSSR count). The van der Waals surface area contributed by atoms with Gasteiger partial charge in [-0.15, -0.1) is 0 Å². The Hall–Kier alpha value is -4.26. The van der Waals surface area contributed by atoms with Gasteiger partial charge in [0, 0.05) is 27.6 Å². The van der Waals surface area contributed by atoms with Gasteiger partial charge in [0.25, 0.3) is 11.8 Å². The van der Waals surface area contributed by atoms with Crippen molar-refractivity contribution >= 4 is 34.1 Å². The molecule has 0 fully saturated rings. The molecule has 0 N–H and O–H groups in total. The van der Waals surface area contributed by atoms with Crippen molar-refractivity contribution in [2.45, 2.75) is 6.18 Å². The number of halogens is 3. The standard InChI is InChI=1S/C26H14F3NO3/c27-26(28,29)16-8-4-9-17(14-16)30-24(32)20-11-5-10-18-19(12-13-21(22(18)20)25(30)33)23(31)15-6-2-1-3-7-15/h1-14H. The molecule has 1 heterocycles. The highest BCUT2D eigenvalue weighted by Crippen LogP contribution is 2.37. The maximum absolute atomic E-state index is 13.3. The minimum absolute atomic E-state index is 0.141. The maximum atomic E-state index is 13.3. The molecule has 2 amide bonds. The molecule has 162 valence electrons. The molecular formula is C26H14F3NO3. The van der Waals surface area contributed by atoms with Crippen LogP contribution in [0.2, 0.25) is 0 Å². The fraction of sp³-hybridized carbons (Fsp3) is 0.0385. The van der Waals surface area contributed by atoms with Gasteiger partial charge in [-0.05, 0) is 41.8 Å². The van der Waals surface area contributed by atoms with Gasteiger partial charge in [0.15, 0.2) is 5.78 Å². The van der Waals surface area contributed by atoms with Gasteiger partial charge in [0.05, 0.1) is 11.3 Å². The lowest BCUT2D eigenvalue weighted by Crippen LogP contribution is -2.40. The molecule has 1 aliphatic rings. The molecule has 0 bridgehead atoms. The van der Waals surface area contributed by atoms with E-state index in [1.807, 2.05) is 0 Å². The predicted octanol–water partition coefficient (Wildman–Crippen LogP) is 5.89. The molecule has 0 saturated heterocycles. The van der Waals surface area contributed by atoms with Crippen molar-refractivity contribution in [3.8, 4) is 0 Å². The molecule has 0 atom stereocenters. The number of amides is 2. The topological polar surface area (TPSA) is 54.5 Å². The Morgan fingerprint density at radius 1 is 0.727 bits per heavy atom. The molecule has 4 aromatic rings. The van der Waals surface area contributed by atoms with Gasteiger partial charge in [0.2, 0.25) is 0 Å². The number of anilines is 1. The monoisotopic (exact) mass is 445 g/mol. The van der Waals surface area contributed by atoms with Crippen LogP contribution < -0.4 is 4.90 Å². The van der Waals surface area contributed by atoms with Crippen molar-refractivity contribution in [3.05, 3.63) is 113 Å². The molecule has 0 unspecified atom stereocenters. The SMILES string of the molecule is O=C(c1ccccc1)c1ccc2c3c(cccc13)C(=O)N(c1cccc(C(F)(F)F)c1)C2=O. The molecular weight excluding hydrogens is 431 g/mol. The summed E-state index contributed by atoms with van der Waals surface area (Å²) in [6, 6.07) is 20.4. The van der Waals surface area contributed by atoms with Gasteiger partial charge in [0.1, 0.15) is 0 Å². The Labute approximate surface area is 185 Å². The highest BCUT2D eigenvalue weighted by atomic mass is 19.4. The van der Waals surface area contributed by atoms with Crippen molar-refractivity contribution in [1.29, 1.82) is 0 Å². The first-order chi connectivity index (χ1) is 15.8. The number of benzene rings is 4. The van der Waals surface area contributed by atoms with E-state index in [0.29, 0.717) is 21.9 Å². The third kappa shape index (κ3) is 3.29. The largest absolute Gasteiger partial charge is 0.416 e. The Kier molecular flexibility index (Phi) is 4.63.